The van der Waals surface area contributed by atoms with Crippen LogP contribution in [0.25, 0.3) is 10.2 Å². The number of amides is 1. The van der Waals surface area contributed by atoms with Crippen LogP contribution in [-0.2, 0) is 17.9 Å². The largest absolute Gasteiger partial charge is 0.355 e. The van der Waals surface area contributed by atoms with Gasteiger partial charge in [0, 0.05) is 6.54 Å². The molecule has 2 aromatic heterocycles. The topological polar surface area (TPSA) is 73.1 Å². The molecule has 0 atom stereocenters. The van der Waals surface area contributed by atoms with Crippen LogP contribution in [0.4, 0.5) is 0 Å². The van der Waals surface area contributed by atoms with E-state index in [2.05, 4.69) is 5.32 Å². The molecular formula is C21H25N3O3S. The highest BCUT2D eigenvalue weighted by atomic mass is 32.1. The molecule has 28 heavy (non-hydrogen) atoms. The van der Waals surface area contributed by atoms with Crippen LogP contribution in [0.2, 0.25) is 0 Å². The fraction of sp³-hybridized carbons (Fsp3) is 0.381. The molecule has 2 heterocycles. The summed E-state index contributed by atoms with van der Waals surface area (Å²) < 4.78 is 3.11. The number of carbonyl (C=O) groups is 1. The van der Waals surface area contributed by atoms with Gasteiger partial charge in [-0.1, -0.05) is 31.5 Å². The van der Waals surface area contributed by atoms with Crippen LogP contribution in [0.3, 0.4) is 0 Å². The van der Waals surface area contributed by atoms with Crippen LogP contribution in [0.1, 0.15) is 36.5 Å². The first-order valence-electron chi connectivity index (χ1n) is 9.46. The highest BCUT2D eigenvalue weighted by molar-refractivity contribution is 7.17. The van der Waals surface area contributed by atoms with Crippen molar-refractivity contribution in [3.05, 3.63) is 67.2 Å². The molecule has 148 valence electrons. The zero-order valence-electron chi connectivity index (χ0n) is 16.4. The van der Waals surface area contributed by atoms with Crippen molar-refractivity contribution in [2.45, 2.75) is 46.7 Å². The third-order valence-corrected chi connectivity index (χ3v) is 5.79. The van der Waals surface area contributed by atoms with E-state index in [1.54, 1.807) is 11.4 Å². The van der Waals surface area contributed by atoms with Gasteiger partial charge in [-0.3, -0.25) is 18.7 Å². The number of carbonyl (C=O) groups excluding carboxylic acids is 1. The summed E-state index contributed by atoms with van der Waals surface area (Å²) in [7, 11) is 0. The molecule has 0 aliphatic heterocycles. The molecule has 1 N–H and O–H groups in total. The lowest BCUT2D eigenvalue weighted by Gasteiger charge is -2.13. The Hall–Kier alpha value is -2.67. The minimum Gasteiger partial charge on any atom is -0.355 e. The van der Waals surface area contributed by atoms with Gasteiger partial charge in [-0.25, -0.2) is 4.79 Å². The molecule has 1 amide bonds. The smallest absolute Gasteiger partial charge is 0.332 e. The number of aromatic nitrogens is 2. The highest BCUT2D eigenvalue weighted by Crippen LogP contribution is 2.16. The third-order valence-electron chi connectivity index (χ3n) is 4.90. The molecule has 3 rings (SSSR count). The van der Waals surface area contributed by atoms with E-state index in [0.717, 1.165) is 29.5 Å². The molecule has 0 aliphatic rings. The predicted molar refractivity (Wildman–Crippen MR) is 113 cm³/mol. The van der Waals surface area contributed by atoms with Crippen LogP contribution < -0.4 is 16.6 Å². The summed E-state index contributed by atoms with van der Waals surface area (Å²) >= 11 is 1.29. The number of thiophene rings is 1. The van der Waals surface area contributed by atoms with E-state index in [0.29, 0.717) is 16.8 Å². The second kappa shape index (κ2) is 8.56. The molecule has 3 aromatic rings. The van der Waals surface area contributed by atoms with E-state index in [1.807, 2.05) is 39.0 Å². The lowest BCUT2D eigenvalue weighted by molar-refractivity contribution is -0.121. The minimum absolute atomic E-state index is 0.0943. The number of nitrogens with one attached hydrogen (secondary N) is 1. The average molecular weight is 400 g/mol. The van der Waals surface area contributed by atoms with E-state index < -0.39 is 5.69 Å². The Balaban J connectivity index is 2.01. The third kappa shape index (κ3) is 4.09. The average Bonchev–Trinajstić information content (AvgIpc) is 3.15. The Morgan fingerprint density at radius 2 is 1.89 bits per heavy atom. The first kappa shape index (κ1) is 20.1. The molecule has 6 nitrogen and oxygen atoms in total. The Morgan fingerprint density at radius 1 is 1.11 bits per heavy atom. The summed E-state index contributed by atoms with van der Waals surface area (Å²) in [5.74, 6) is -0.223. The fourth-order valence-corrected chi connectivity index (χ4v) is 3.96. The maximum absolute atomic E-state index is 13.1. The van der Waals surface area contributed by atoms with E-state index in [9.17, 15) is 14.4 Å². The Labute approximate surface area is 167 Å². The Kier molecular flexibility index (Phi) is 6.14. The molecule has 7 heteroatoms. The first-order valence-corrected chi connectivity index (χ1v) is 10.3. The van der Waals surface area contributed by atoms with E-state index in [-0.39, 0.29) is 24.6 Å². The molecule has 0 bridgehead atoms. The SMILES string of the molecule is CCCCNC(=O)Cn1c(=O)n(Cc2ccc(C)c(C)c2)c(=O)c2sccc21. The molecule has 0 spiro atoms. The zero-order valence-corrected chi connectivity index (χ0v) is 17.3. The zero-order chi connectivity index (χ0) is 20.3. The van der Waals surface area contributed by atoms with Gasteiger partial charge in [0.25, 0.3) is 5.56 Å². The maximum Gasteiger partial charge on any atom is 0.332 e. The molecule has 0 saturated carbocycles. The summed E-state index contributed by atoms with van der Waals surface area (Å²) in [6.07, 6.45) is 1.87. The normalized spacial score (nSPS) is 11.1. The molecule has 1 aromatic carbocycles. The van der Waals surface area contributed by atoms with Gasteiger partial charge in [0.1, 0.15) is 11.2 Å². The second-order valence-electron chi connectivity index (χ2n) is 7.02. The lowest BCUT2D eigenvalue weighted by atomic mass is 10.1. The molecule has 0 radical (unpaired) electrons. The summed E-state index contributed by atoms with van der Waals surface area (Å²) in [6.45, 7) is 6.75. The molecule has 0 aliphatic carbocycles. The van der Waals surface area contributed by atoms with Gasteiger partial charge in [0.2, 0.25) is 5.91 Å². The van der Waals surface area contributed by atoms with Gasteiger partial charge in [-0.15, -0.1) is 11.3 Å². The number of rotatable bonds is 7. The second-order valence-corrected chi connectivity index (χ2v) is 7.93. The van der Waals surface area contributed by atoms with Crippen LogP contribution in [-0.4, -0.2) is 21.6 Å². The Morgan fingerprint density at radius 3 is 2.61 bits per heavy atom. The summed E-state index contributed by atoms with van der Waals surface area (Å²) in [5.41, 5.74) is 2.90. The van der Waals surface area contributed by atoms with Gasteiger partial charge in [0.05, 0.1) is 12.1 Å². The summed E-state index contributed by atoms with van der Waals surface area (Å²) in [5, 5.41) is 4.61. The van der Waals surface area contributed by atoms with Gasteiger partial charge < -0.3 is 5.32 Å². The van der Waals surface area contributed by atoms with Crippen LogP contribution >= 0.6 is 11.3 Å². The maximum atomic E-state index is 13.1. The van der Waals surface area contributed by atoms with Crippen molar-refractivity contribution in [3.63, 3.8) is 0 Å². The van der Waals surface area contributed by atoms with Crippen LogP contribution in [0.15, 0.2) is 39.2 Å². The summed E-state index contributed by atoms with van der Waals surface area (Å²) in [4.78, 5) is 38.2. The van der Waals surface area contributed by atoms with Crippen molar-refractivity contribution in [3.8, 4) is 0 Å². The van der Waals surface area contributed by atoms with Crippen molar-refractivity contribution < 1.29 is 4.79 Å². The molecule has 0 unspecified atom stereocenters. The fourth-order valence-electron chi connectivity index (χ4n) is 3.11. The van der Waals surface area contributed by atoms with Crippen LogP contribution in [0, 0.1) is 13.8 Å². The number of nitrogens with zero attached hydrogens (tertiary/aromatic N) is 2. The van der Waals surface area contributed by atoms with E-state index in [4.69, 9.17) is 0 Å². The van der Waals surface area contributed by atoms with Crippen molar-refractivity contribution in [1.82, 2.24) is 14.5 Å². The van der Waals surface area contributed by atoms with Crippen molar-refractivity contribution in [2.24, 2.45) is 0 Å². The molecule has 0 saturated heterocycles. The van der Waals surface area contributed by atoms with Crippen LogP contribution in [0.5, 0.6) is 0 Å². The van der Waals surface area contributed by atoms with Gasteiger partial charge in [-0.2, -0.15) is 0 Å². The van der Waals surface area contributed by atoms with Gasteiger partial charge in [0.15, 0.2) is 0 Å². The number of hydrogen-bond donors (Lipinski definition) is 1. The number of hydrogen-bond acceptors (Lipinski definition) is 4. The monoisotopic (exact) mass is 399 g/mol. The van der Waals surface area contributed by atoms with E-state index in [1.165, 1.54) is 20.5 Å². The van der Waals surface area contributed by atoms with Gasteiger partial charge in [-0.05, 0) is 48.4 Å². The van der Waals surface area contributed by atoms with Crippen molar-refractivity contribution in [1.29, 1.82) is 0 Å². The minimum atomic E-state index is -0.459. The van der Waals surface area contributed by atoms with Crippen molar-refractivity contribution in [2.75, 3.05) is 6.54 Å². The first-order chi connectivity index (χ1) is 13.4. The number of unbranched alkanes of at least 4 members (excludes halogenated alkanes) is 1. The van der Waals surface area contributed by atoms with E-state index >= 15 is 0 Å². The summed E-state index contributed by atoms with van der Waals surface area (Å²) in [6, 6.07) is 7.62. The highest BCUT2D eigenvalue weighted by Gasteiger charge is 2.16. The Bertz CT molecular complexity index is 1120. The number of benzene rings is 1. The number of aryl methyl sites for hydroxylation is 2. The lowest BCUT2D eigenvalue weighted by Crippen LogP contribution is -2.42. The molecular weight excluding hydrogens is 374 g/mol. The molecule has 0 fully saturated rings. The predicted octanol–water partition coefficient (Wildman–Crippen LogP) is 2.81. The number of fused-ring (bicyclic) bond motifs is 1. The van der Waals surface area contributed by atoms with Gasteiger partial charge >= 0.3 is 5.69 Å². The quantitative estimate of drug-likeness (QED) is 0.621. The standard InChI is InChI=1S/C21H25N3O3S/c1-4-5-9-22-18(25)13-23-17-8-10-28-19(17)20(26)24(21(23)27)12-16-7-6-14(2)15(3)11-16/h6-8,10-11H,4-5,9,12-13H2,1-3H3,(H,22,25). The van der Waals surface area contributed by atoms with Crippen molar-refractivity contribution >= 4 is 27.5 Å².